The summed E-state index contributed by atoms with van der Waals surface area (Å²) in [5.41, 5.74) is 7.76. The van der Waals surface area contributed by atoms with Crippen LogP contribution in [0.4, 0.5) is 0 Å². The standard InChI is InChI=1S/C17H28N2O2/c1-19(2)17(10-6-5-7-11-17)16(18)14-12-13(20-3)8-9-15(14)21-4/h8-9,12,16H,5-7,10-11,18H2,1-4H3. The van der Waals surface area contributed by atoms with Crippen molar-refractivity contribution in [1.82, 2.24) is 4.90 Å². The minimum atomic E-state index is -0.0853. The Morgan fingerprint density at radius 2 is 1.76 bits per heavy atom. The molecule has 1 atom stereocenters. The Balaban J connectivity index is 2.42. The molecule has 0 radical (unpaired) electrons. The minimum Gasteiger partial charge on any atom is -0.497 e. The maximum Gasteiger partial charge on any atom is 0.123 e. The van der Waals surface area contributed by atoms with Gasteiger partial charge in [0.2, 0.25) is 0 Å². The molecular weight excluding hydrogens is 264 g/mol. The Morgan fingerprint density at radius 3 is 2.29 bits per heavy atom. The molecule has 0 heterocycles. The fourth-order valence-corrected chi connectivity index (χ4v) is 3.57. The van der Waals surface area contributed by atoms with Gasteiger partial charge in [-0.2, -0.15) is 0 Å². The molecule has 0 aromatic heterocycles. The van der Waals surface area contributed by atoms with Gasteiger partial charge in [0, 0.05) is 11.1 Å². The van der Waals surface area contributed by atoms with Crippen molar-refractivity contribution in [2.24, 2.45) is 5.73 Å². The molecule has 0 amide bonds. The third kappa shape index (κ3) is 3.01. The van der Waals surface area contributed by atoms with E-state index in [0.717, 1.165) is 29.9 Å². The van der Waals surface area contributed by atoms with Crippen molar-refractivity contribution in [3.63, 3.8) is 0 Å². The zero-order chi connectivity index (χ0) is 15.5. The molecule has 118 valence electrons. The molecule has 2 N–H and O–H groups in total. The number of benzene rings is 1. The second-order valence-electron chi connectivity index (χ2n) is 6.14. The molecule has 1 aromatic carbocycles. The summed E-state index contributed by atoms with van der Waals surface area (Å²) in [5.74, 6) is 1.67. The van der Waals surface area contributed by atoms with Gasteiger partial charge in [-0.25, -0.2) is 0 Å². The number of hydrogen-bond acceptors (Lipinski definition) is 4. The van der Waals surface area contributed by atoms with E-state index in [2.05, 4.69) is 19.0 Å². The second kappa shape index (κ2) is 6.67. The highest BCUT2D eigenvalue weighted by atomic mass is 16.5. The van der Waals surface area contributed by atoms with Crippen LogP contribution in [0.5, 0.6) is 11.5 Å². The molecule has 1 aliphatic carbocycles. The van der Waals surface area contributed by atoms with E-state index >= 15 is 0 Å². The van der Waals surface area contributed by atoms with Gasteiger partial charge in [0.1, 0.15) is 11.5 Å². The van der Waals surface area contributed by atoms with Crippen LogP contribution in [0.1, 0.15) is 43.7 Å². The largest absolute Gasteiger partial charge is 0.497 e. The van der Waals surface area contributed by atoms with Crippen LogP contribution in [-0.2, 0) is 0 Å². The Morgan fingerprint density at radius 1 is 1.10 bits per heavy atom. The van der Waals surface area contributed by atoms with Crippen molar-refractivity contribution in [2.75, 3.05) is 28.3 Å². The maximum absolute atomic E-state index is 6.73. The van der Waals surface area contributed by atoms with Gasteiger partial charge in [0.15, 0.2) is 0 Å². The predicted octanol–water partition coefficient (Wildman–Crippen LogP) is 2.97. The summed E-state index contributed by atoms with van der Waals surface area (Å²) in [7, 11) is 7.65. The zero-order valence-corrected chi connectivity index (χ0v) is 13.7. The van der Waals surface area contributed by atoms with Crippen LogP contribution >= 0.6 is 0 Å². The SMILES string of the molecule is COc1ccc(OC)c(C(N)C2(N(C)C)CCCCC2)c1. The van der Waals surface area contributed by atoms with Gasteiger partial charge in [-0.3, -0.25) is 0 Å². The minimum absolute atomic E-state index is 0.00209. The molecule has 4 heteroatoms. The number of ether oxygens (including phenoxy) is 2. The summed E-state index contributed by atoms with van der Waals surface area (Å²) in [6.07, 6.45) is 6.02. The quantitative estimate of drug-likeness (QED) is 0.906. The van der Waals surface area contributed by atoms with Crippen molar-refractivity contribution < 1.29 is 9.47 Å². The molecule has 1 saturated carbocycles. The molecule has 1 unspecified atom stereocenters. The van der Waals surface area contributed by atoms with E-state index in [0.29, 0.717) is 0 Å². The van der Waals surface area contributed by atoms with Crippen molar-refractivity contribution in [3.8, 4) is 11.5 Å². The molecule has 4 nitrogen and oxygen atoms in total. The molecule has 0 spiro atoms. The van der Waals surface area contributed by atoms with E-state index < -0.39 is 0 Å². The number of likely N-dealkylation sites (N-methyl/N-ethyl adjacent to an activating group) is 1. The van der Waals surface area contributed by atoms with Crippen molar-refractivity contribution in [1.29, 1.82) is 0 Å². The Kier molecular flexibility index (Phi) is 5.12. The van der Waals surface area contributed by atoms with Gasteiger partial charge in [-0.15, -0.1) is 0 Å². The molecule has 1 fully saturated rings. The first-order valence-corrected chi connectivity index (χ1v) is 7.70. The molecule has 1 aliphatic rings. The molecule has 0 bridgehead atoms. The lowest BCUT2D eigenvalue weighted by Gasteiger charge is -2.47. The summed E-state index contributed by atoms with van der Waals surface area (Å²) >= 11 is 0. The molecule has 0 saturated heterocycles. The second-order valence-corrected chi connectivity index (χ2v) is 6.14. The fraction of sp³-hybridized carbons (Fsp3) is 0.647. The number of rotatable bonds is 5. The Labute approximate surface area is 128 Å². The van der Waals surface area contributed by atoms with Crippen LogP contribution < -0.4 is 15.2 Å². The van der Waals surface area contributed by atoms with Gasteiger partial charge >= 0.3 is 0 Å². The lowest BCUT2D eigenvalue weighted by molar-refractivity contribution is 0.0704. The Bertz CT molecular complexity index is 468. The van der Waals surface area contributed by atoms with Crippen LogP contribution in [0.3, 0.4) is 0 Å². The van der Waals surface area contributed by atoms with Gasteiger partial charge in [-0.05, 0) is 45.1 Å². The highest BCUT2D eigenvalue weighted by Crippen LogP contribution is 2.43. The monoisotopic (exact) mass is 292 g/mol. The van der Waals surface area contributed by atoms with E-state index in [9.17, 15) is 0 Å². The average Bonchev–Trinajstić information content (AvgIpc) is 2.53. The average molecular weight is 292 g/mol. The summed E-state index contributed by atoms with van der Waals surface area (Å²) in [5, 5.41) is 0. The first-order valence-electron chi connectivity index (χ1n) is 7.70. The van der Waals surface area contributed by atoms with Gasteiger partial charge in [-0.1, -0.05) is 19.3 Å². The summed E-state index contributed by atoms with van der Waals surface area (Å²) in [6.45, 7) is 0. The number of hydrogen-bond donors (Lipinski definition) is 1. The van der Waals surface area contributed by atoms with E-state index in [1.54, 1.807) is 14.2 Å². The van der Waals surface area contributed by atoms with Gasteiger partial charge in [0.25, 0.3) is 0 Å². The number of nitrogens with two attached hydrogens (primary N) is 1. The van der Waals surface area contributed by atoms with Crippen molar-refractivity contribution in [3.05, 3.63) is 23.8 Å². The van der Waals surface area contributed by atoms with Crippen molar-refractivity contribution >= 4 is 0 Å². The molecular formula is C17H28N2O2. The van der Waals surface area contributed by atoms with E-state index in [1.807, 2.05) is 18.2 Å². The first-order chi connectivity index (χ1) is 10.0. The van der Waals surface area contributed by atoms with Gasteiger partial charge < -0.3 is 20.1 Å². The van der Waals surface area contributed by atoms with Crippen LogP contribution in [0.15, 0.2) is 18.2 Å². The molecule has 0 aliphatic heterocycles. The fourth-order valence-electron chi connectivity index (χ4n) is 3.57. The maximum atomic E-state index is 6.73. The third-order valence-electron chi connectivity index (χ3n) is 4.96. The third-order valence-corrected chi connectivity index (χ3v) is 4.96. The molecule has 2 rings (SSSR count). The smallest absolute Gasteiger partial charge is 0.123 e. The normalized spacial score (nSPS) is 19.3. The van der Waals surface area contributed by atoms with Gasteiger partial charge in [0.05, 0.1) is 20.3 Å². The summed E-state index contributed by atoms with van der Waals surface area (Å²) < 4.78 is 10.9. The van der Waals surface area contributed by atoms with E-state index in [-0.39, 0.29) is 11.6 Å². The summed E-state index contributed by atoms with van der Waals surface area (Å²) in [6, 6.07) is 5.79. The van der Waals surface area contributed by atoms with Crippen molar-refractivity contribution in [2.45, 2.75) is 43.7 Å². The van der Waals surface area contributed by atoms with Crippen LogP contribution in [0, 0.1) is 0 Å². The zero-order valence-electron chi connectivity index (χ0n) is 13.7. The van der Waals surface area contributed by atoms with E-state index in [4.69, 9.17) is 15.2 Å². The number of nitrogens with zero attached hydrogens (tertiary/aromatic N) is 1. The van der Waals surface area contributed by atoms with Crippen LogP contribution in [0.25, 0.3) is 0 Å². The van der Waals surface area contributed by atoms with E-state index in [1.165, 1.54) is 19.3 Å². The highest BCUT2D eigenvalue weighted by Gasteiger charge is 2.41. The lowest BCUT2D eigenvalue weighted by Crippen LogP contribution is -2.53. The molecule has 21 heavy (non-hydrogen) atoms. The van der Waals surface area contributed by atoms with Crippen LogP contribution in [-0.4, -0.2) is 38.8 Å². The summed E-state index contributed by atoms with van der Waals surface area (Å²) in [4.78, 5) is 2.30. The topological polar surface area (TPSA) is 47.7 Å². The molecule has 1 aromatic rings. The number of methoxy groups -OCH3 is 2. The van der Waals surface area contributed by atoms with Crippen LogP contribution in [0.2, 0.25) is 0 Å². The predicted molar refractivity (Wildman–Crippen MR) is 86.0 cm³/mol. The lowest BCUT2D eigenvalue weighted by atomic mass is 9.73. The highest BCUT2D eigenvalue weighted by molar-refractivity contribution is 5.43. The Hall–Kier alpha value is -1.26. The first kappa shape index (κ1) is 16.1.